The lowest BCUT2D eigenvalue weighted by atomic mass is 10.4. The first-order valence-electron chi connectivity index (χ1n) is 6.59. The van der Waals surface area contributed by atoms with E-state index in [4.69, 9.17) is 5.84 Å². The molecule has 1 aliphatic rings. The van der Waals surface area contributed by atoms with E-state index in [9.17, 15) is 8.42 Å². The second kappa shape index (κ2) is 5.48. The number of nitrogens with zero attached hydrogens (tertiary/aromatic N) is 3. The molecule has 3 rings (SSSR count). The van der Waals surface area contributed by atoms with Crippen LogP contribution in [0.5, 0.6) is 0 Å². The summed E-state index contributed by atoms with van der Waals surface area (Å²) in [6.07, 6.45) is 1.68. The summed E-state index contributed by atoms with van der Waals surface area (Å²) in [5, 5.41) is 0.377. The van der Waals surface area contributed by atoms with E-state index in [-0.39, 0.29) is 16.1 Å². The van der Waals surface area contributed by atoms with Crippen LogP contribution in [0.15, 0.2) is 29.4 Å². The summed E-state index contributed by atoms with van der Waals surface area (Å²) in [7, 11) is -3.64. The average Bonchev–Trinajstić information content (AvgIpc) is 2.86. The van der Waals surface area contributed by atoms with E-state index in [0.717, 1.165) is 5.75 Å². The van der Waals surface area contributed by atoms with E-state index in [1.165, 1.54) is 4.31 Å². The Morgan fingerprint density at radius 3 is 3.00 bits per heavy atom. The number of aromatic nitrogens is 2. The van der Waals surface area contributed by atoms with Gasteiger partial charge in [0.1, 0.15) is 5.65 Å². The molecule has 3 heterocycles. The zero-order chi connectivity index (χ0) is 15.0. The summed E-state index contributed by atoms with van der Waals surface area (Å²) < 4.78 is 29.0. The van der Waals surface area contributed by atoms with E-state index in [1.807, 2.05) is 6.92 Å². The Morgan fingerprint density at radius 2 is 2.29 bits per heavy atom. The molecule has 0 radical (unpaired) electrons. The van der Waals surface area contributed by atoms with Gasteiger partial charge in [0.2, 0.25) is 5.03 Å². The molecular formula is C12H17N5O2S2. The number of imidazole rings is 1. The molecule has 1 aliphatic heterocycles. The monoisotopic (exact) mass is 327 g/mol. The van der Waals surface area contributed by atoms with Gasteiger partial charge in [-0.1, -0.05) is 13.0 Å². The normalized spacial score (nSPS) is 20.8. The SMILES string of the molecule is CC1CN(S(=O)(=O)c2c(NN)nc3ccccn23)CCS1. The Hall–Kier alpha value is -1.29. The van der Waals surface area contributed by atoms with Crippen molar-refractivity contribution < 1.29 is 8.42 Å². The number of hydrogen-bond donors (Lipinski definition) is 2. The van der Waals surface area contributed by atoms with Crippen LogP contribution in [-0.2, 0) is 10.0 Å². The Bertz CT molecular complexity index is 758. The predicted octanol–water partition coefficient (Wildman–Crippen LogP) is 0.746. The van der Waals surface area contributed by atoms with Gasteiger partial charge in [-0.2, -0.15) is 16.1 Å². The summed E-state index contributed by atoms with van der Waals surface area (Å²) in [4.78, 5) is 4.23. The van der Waals surface area contributed by atoms with Crippen molar-refractivity contribution in [2.45, 2.75) is 17.2 Å². The Morgan fingerprint density at radius 1 is 1.48 bits per heavy atom. The van der Waals surface area contributed by atoms with Gasteiger partial charge in [-0.3, -0.25) is 4.40 Å². The number of hydrazine groups is 1. The average molecular weight is 327 g/mol. The minimum Gasteiger partial charge on any atom is -0.306 e. The van der Waals surface area contributed by atoms with Gasteiger partial charge in [0, 0.05) is 30.3 Å². The zero-order valence-electron chi connectivity index (χ0n) is 11.6. The first-order chi connectivity index (χ1) is 10.0. The number of sulfonamides is 1. The van der Waals surface area contributed by atoms with E-state index in [2.05, 4.69) is 10.4 Å². The lowest BCUT2D eigenvalue weighted by Crippen LogP contribution is -2.41. The second-order valence-electron chi connectivity index (χ2n) is 4.88. The number of rotatable bonds is 3. The highest BCUT2D eigenvalue weighted by molar-refractivity contribution is 8.00. The van der Waals surface area contributed by atoms with Crippen LogP contribution in [0, 0.1) is 0 Å². The van der Waals surface area contributed by atoms with Crippen LogP contribution >= 0.6 is 11.8 Å². The molecule has 0 spiro atoms. The summed E-state index contributed by atoms with van der Waals surface area (Å²) in [6, 6.07) is 5.32. The third kappa shape index (κ3) is 2.50. The fourth-order valence-electron chi connectivity index (χ4n) is 2.44. The molecule has 114 valence electrons. The van der Waals surface area contributed by atoms with E-state index >= 15 is 0 Å². The Kier molecular flexibility index (Phi) is 3.82. The van der Waals surface area contributed by atoms with Gasteiger partial charge >= 0.3 is 0 Å². The van der Waals surface area contributed by atoms with Crippen LogP contribution < -0.4 is 11.3 Å². The number of hydrogen-bond acceptors (Lipinski definition) is 6. The third-order valence-electron chi connectivity index (χ3n) is 3.41. The van der Waals surface area contributed by atoms with Crippen LogP contribution in [0.2, 0.25) is 0 Å². The standard InChI is InChI=1S/C12H17N5O2S2/c1-9-8-16(6-7-20-9)21(18,19)12-11(15-13)14-10-4-2-3-5-17(10)12/h2-5,9,15H,6-8,13H2,1H3. The predicted molar refractivity (Wildman–Crippen MR) is 83.7 cm³/mol. The summed E-state index contributed by atoms with van der Waals surface area (Å²) in [5.74, 6) is 6.42. The number of nitrogens with one attached hydrogen (secondary N) is 1. The summed E-state index contributed by atoms with van der Waals surface area (Å²) >= 11 is 1.78. The molecular weight excluding hydrogens is 310 g/mol. The van der Waals surface area contributed by atoms with Crippen molar-refractivity contribution in [1.82, 2.24) is 13.7 Å². The first kappa shape index (κ1) is 14.6. The van der Waals surface area contributed by atoms with Crippen LogP contribution in [0.3, 0.4) is 0 Å². The van der Waals surface area contributed by atoms with Gasteiger partial charge in [0.25, 0.3) is 10.0 Å². The van der Waals surface area contributed by atoms with Crippen molar-refractivity contribution in [3.05, 3.63) is 24.4 Å². The molecule has 21 heavy (non-hydrogen) atoms. The highest BCUT2D eigenvalue weighted by Gasteiger charge is 2.34. The van der Waals surface area contributed by atoms with Crippen LogP contribution in [0.25, 0.3) is 5.65 Å². The van der Waals surface area contributed by atoms with Gasteiger partial charge in [-0.25, -0.2) is 19.2 Å². The Balaban J connectivity index is 2.14. The second-order valence-corrected chi connectivity index (χ2v) is 8.28. The molecule has 0 aliphatic carbocycles. The number of anilines is 1. The van der Waals surface area contributed by atoms with E-state index in [1.54, 1.807) is 40.6 Å². The van der Waals surface area contributed by atoms with Gasteiger partial charge in [-0.05, 0) is 12.1 Å². The molecule has 1 saturated heterocycles. The number of pyridine rings is 1. The molecule has 2 aromatic rings. The molecule has 1 unspecified atom stereocenters. The summed E-state index contributed by atoms with van der Waals surface area (Å²) in [5.41, 5.74) is 2.94. The van der Waals surface area contributed by atoms with Gasteiger partial charge in [-0.15, -0.1) is 0 Å². The van der Waals surface area contributed by atoms with Gasteiger partial charge in [0.05, 0.1) is 0 Å². The fraction of sp³-hybridized carbons (Fsp3) is 0.417. The topological polar surface area (TPSA) is 92.7 Å². The largest absolute Gasteiger partial charge is 0.306 e. The van der Waals surface area contributed by atoms with Crippen molar-refractivity contribution >= 4 is 33.3 Å². The minimum absolute atomic E-state index is 0.0969. The smallest absolute Gasteiger partial charge is 0.262 e. The lowest BCUT2D eigenvalue weighted by molar-refractivity contribution is 0.422. The minimum atomic E-state index is -3.64. The van der Waals surface area contributed by atoms with E-state index < -0.39 is 10.0 Å². The Labute approximate surface area is 127 Å². The number of nitrogen functional groups attached to an aromatic ring is 1. The van der Waals surface area contributed by atoms with Crippen molar-refractivity contribution in [1.29, 1.82) is 0 Å². The number of nitrogens with two attached hydrogens (primary N) is 1. The highest BCUT2D eigenvalue weighted by Crippen LogP contribution is 2.28. The number of thioether (sulfide) groups is 1. The molecule has 3 N–H and O–H groups in total. The maximum atomic E-state index is 12.9. The van der Waals surface area contributed by atoms with Crippen LogP contribution in [-0.4, -0.2) is 46.2 Å². The van der Waals surface area contributed by atoms with E-state index in [0.29, 0.717) is 18.7 Å². The zero-order valence-corrected chi connectivity index (χ0v) is 13.2. The molecule has 0 amide bonds. The quantitative estimate of drug-likeness (QED) is 0.638. The van der Waals surface area contributed by atoms with Gasteiger partial charge in [0.15, 0.2) is 5.82 Å². The van der Waals surface area contributed by atoms with Crippen molar-refractivity contribution in [3.8, 4) is 0 Å². The molecule has 7 nitrogen and oxygen atoms in total. The highest BCUT2D eigenvalue weighted by atomic mass is 32.2. The maximum absolute atomic E-state index is 12.9. The van der Waals surface area contributed by atoms with Crippen LogP contribution in [0.1, 0.15) is 6.92 Å². The third-order valence-corrected chi connectivity index (χ3v) is 6.44. The molecule has 0 bridgehead atoms. The molecule has 2 aromatic heterocycles. The molecule has 9 heteroatoms. The molecule has 0 aromatic carbocycles. The van der Waals surface area contributed by atoms with Crippen molar-refractivity contribution in [2.75, 3.05) is 24.3 Å². The number of fused-ring (bicyclic) bond motifs is 1. The molecule has 0 saturated carbocycles. The summed E-state index contributed by atoms with van der Waals surface area (Å²) in [6.45, 7) is 3.03. The fourth-order valence-corrected chi connectivity index (χ4v) is 5.41. The van der Waals surface area contributed by atoms with Gasteiger partial charge < -0.3 is 5.43 Å². The lowest BCUT2D eigenvalue weighted by Gasteiger charge is -2.29. The first-order valence-corrected chi connectivity index (χ1v) is 9.08. The van der Waals surface area contributed by atoms with Crippen molar-refractivity contribution in [3.63, 3.8) is 0 Å². The molecule has 1 atom stereocenters. The van der Waals surface area contributed by atoms with Crippen molar-refractivity contribution in [2.24, 2.45) is 5.84 Å². The van der Waals surface area contributed by atoms with Crippen LogP contribution in [0.4, 0.5) is 5.82 Å². The maximum Gasteiger partial charge on any atom is 0.262 e. The molecule has 1 fully saturated rings.